The zero-order valence-electron chi connectivity index (χ0n) is 5.64. The maximum absolute atomic E-state index is 12.4. The third-order valence-corrected chi connectivity index (χ3v) is 1.24. The molecule has 1 heterocycles. The molecule has 3 nitrogen and oxygen atoms in total. The first-order valence-corrected chi connectivity index (χ1v) is 2.89. The first-order chi connectivity index (χ1) is 5.47. The highest BCUT2D eigenvalue weighted by atomic mass is 19.3. The lowest BCUT2D eigenvalue weighted by Crippen LogP contribution is -2.25. The normalized spacial score (nSPS) is 17.8. The van der Waals surface area contributed by atoms with E-state index in [4.69, 9.17) is 0 Å². The van der Waals surface area contributed by atoms with E-state index in [2.05, 4.69) is 4.74 Å². The summed E-state index contributed by atoms with van der Waals surface area (Å²) in [6, 6.07) is 0. The number of hydrogen-bond acceptors (Lipinski definition) is 3. The molecule has 1 rings (SSSR count). The van der Waals surface area contributed by atoms with Gasteiger partial charge < -0.3 is 4.74 Å². The Morgan fingerprint density at radius 2 is 2.00 bits per heavy atom. The summed E-state index contributed by atoms with van der Waals surface area (Å²) < 4.78 is 40.1. The topological polar surface area (TPSA) is 43.4 Å². The molecule has 0 saturated carbocycles. The summed E-state index contributed by atoms with van der Waals surface area (Å²) in [4.78, 5) is 20.7. The van der Waals surface area contributed by atoms with Crippen LogP contribution in [0.3, 0.4) is 0 Å². The second-order valence-electron chi connectivity index (χ2n) is 2.10. The molecule has 0 aliphatic carbocycles. The number of esters is 2. The Bertz CT molecular complexity index is 269. The molecular formula is C6H3F3O3. The van der Waals surface area contributed by atoms with E-state index in [-0.39, 0.29) is 0 Å². The fourth-order valence-electron chi connectivity index (χ4n) is 0.679. The third-order valence-electron chi connectivity index (χ3n) is 1.24. The number of ether oxygens (including phenoxy) is 1. The van der Waals surface area contributed by atoms with E-state index in [1.807, 2.05) is 0 Å². The average Bonchev–Trinajstić information content (AvgIpc) is 2.31. The molecule has 6 heteroatoms. The second kappa shape index (κ2) is 2.62. The van der Waals surface area contributed by atoms with Crippen molar-refractivity contribution in [3.63, 3.8) is 0 Å². The quantitative estimate of drug-likeness (QED) is 0.461. The Morgan fingerprint density at radius 3 is 2.33 bits per heavy atom. The van der Waals surface area contributed by atoms with E-state index in [0.29, 0.717) is 6.08 Å². The summed E-state index contributed by atoms with van der Waals surface area (Å²) in [6.07, 6.45) is 0.294. The van der Waals surface area contributed by atoms with Gasteiger partial charge in [-0.2, -0.15) is 8.78 Å². The largest absolute Gasteiger partial charge is 0.386 e. The molecule has 12 heavy (non-hydrogen) atoms. The van der Waals surface area contributed by atoms with Gasteiger partial charge in [0.25, 0.3) is 0 Å². The molecule has 1 aliphatic rings. The standard InChI is InChI=1S/C6H3F3O3/c7-2-6(8,9)3-1-4(10)12-5(3)11/h1H,2H2. The van der Waals surface area contributed by atoms with Gasteiger partial charge in [0.1, 0.15) is 5.57 Å². The maximum Gasteiger partial charge on any atom is 0.348 e. The van der Waals surface area contributed by atoms with Gasteiger partial charge in [0.15, 0.2) is 6.67 Å². The summed E-state index contributed by atoms with van der Waals surface area (Å²) in [7, 11) is 0. The maximum atomic E-state index is 12.4. The van der Waals surface area contributed by atoms with Gasteiger partial charge in [0.05, 0.1) is 0 Å². The predicted molar refractivity (Wildman–Crippen MR) is 30.1 cm³/mol. The van der Waals surface area contributed by atoms with Crippen molar-refractivity contribution in [1.29, 1.82) is 0 Å². The molecule has 1 aliphatic heterocycles. The summed E-state index contributed by atoms with van der Waals surface area (Å²) in [5.74, 6) is -6.60. The molecule has 0 N–H and O–H groups in total. The molecule has 0 bridgehead atoms. The van der Waals surface area contributed by atoms with E-state index in [1.54, 1.807) is 0 Å². The van der Waals surface area contributed by atoms with Gasteiger partial charge in [0.2, 0.25) is 0 Å². The Kier molecular flexibility index (Phi) is 1.91. The molecule has 0 aromatic carbocycles. The fraction of sp³-hybridized carbons (Fsp3) is 0.333. The van der Waals surface area contributed by atoms with E-state index in [1.165, 1.54) is 0 Å². The van der Waals surface area contributed by atoms with Crippen LogP contribution in [0, 0.1) is 0 Å². The molecule has 0 aromatic rings. The molecule has 0 aromatic heterocycles. The Hall–Kier alpha value is -1.33. The lowest BCUT2D eigenvalue weighted by Gasteiger charge is -2.09. The summed E-state index contributed by atoms with van der Waals surface area (Å²) in [6.45, 7) is -2.03. The number of cyclic esters (lactones) is 2. The van der Waals surface area contributed by atoms with Crippen molar-refractivity contribution in [2.45, 2.75) is 5.92 Å². The number of carbonyl (C=O) groups is 2. The molecule has 0 saturated heterocycles. The van der Waals surface area contributed by atoms with Crippen molar-refractivity contribution in [2.24, 2.45) is 0 Å². The molecule has 0 unspecified atom stereocenters. The number of halogens is 3. The zero-order valence-corrected chi connectivity index (χ0v) is 5.64. The first-order valence-electron chi connectivity index (χ1n) is 2.89. The molecule has 0 atom stereocenters. The van der Waals surface area contributed by atoms with Crippen LogP contribution in [0.25, 0.3) is 0 Å². The van der Waals surface area contributed by atoms with Crippen LogP contribution < -0.4 is 0 Å². The summed E-state index contributed by atoms with van der Waals surface area (Å²) in [5, 5.41) is 0. The number of carbonyl (C=O) groups excluding carboxylic acids is 2. The van der Waals surface area contributed by atoms with Crippen LogP contribution in [0.15, 0.2) is 11.6 Å². The highest BCUT2D eigenvalue weighted by Gasteiger charge is 2.44. The summed E-state index contributed by atoms with van der Waals surface area (Å²) in [5.41, 5.74) is -1.23. The smallest absolute Gasteiger partial charge is 0.348 e. The van der Waals surface area contributed by atoms with E-state index in [9.17, 15) is 22.8 Å². The number of rotatable bonds is 2. The minimum absolute atomic E-state index is 0.294. The van der Waals surface area contributed by atoms with Gasteiger partial charge in [-0.3, -0.25) is 0 Å². The lowest BCUT2D eigenvalue weighted by molar-refractivity contribution is -0.152. The van der Waals surface area contributed by atoms with Gasteiger partial charge in [-0.05, 0) is 0 Å². The lowest BCUT2D eigenvalue weighted by atomic mass is 10.1. The third kappa shape index (κ3) is 1.32. The van der Waals surface area contributed by atoms with Crippen LogP contribution >= 0.6 is 0 Å². The summed E-state index contributed by atoms with van der Waals surface area (Å²) >= 11 is 0. The van der Waals surface area contributed by atoms with Gasteiger partial charge >= 0.3 is 17.9 Å². The molecule has 0 radical (unpaired) electrons. The Morgan fingerprint density at radius 1 is 1.42 bits per heavy atom. The Balaban J connectivity index is 2.96. The van der Waals surface area contributed by atoms with Crippen LogP contribution in [0.4, 0.5) is 13.2 Å². The van der Waals surface area contributed by atoms with Crippen LogP contribution in [0.1, 0.15) is 0 Å². The highest BCUT2D eigenvalue weighted by Crippen LogP contribution is 2.28. The first kappa shape index (κ1) is 8.76. The van der Waals surface area contributed by atoms with Crippen molar-refractivity contribution in [3.05, 3.63) is 11.6 Å². The minimum atomic E-state index is -3.93. The van der Waals surface area contributed by atoms with Crippen LogP contribution in [-0.2, 0) is 14.3 Å². The van der Waals surface area contributed by atoms with Crippen LogP contribution in [-0.4, -0.2) is 24.5 Å². The number of hydrogen-bond donors (Lipinski definition) is 0. The van der Waals surface area contributed by atoms with Crippen LogP contribution in [0.5, 0.6) is 0 Å². The van der Waals surface area contributed by atoms with Crippen molar-refractivity contribution in [2.75, 3.05) is 6.67 Å². The van der Waals surface area contributed by atoms with Gasteiger partial charge in [-0.15, -0.1) is 0 Å². The zero-order chi connectivity index (χ0) is 9.35. The molecule has 0 amide bonds. The van der Waals surface area contributed by atoms with Crippen molar-refractivity contribution in [3.8, 4) is 0 Å². The van der Waals surface area contributed by atoms with E-state index >= 15 is 0 Å². The predicted octanol–water partition coefficient (Wildman–Crippen LogP) is 0.601. The van der Waals surface area contributed by atoms with E-state index < -0.39 is 30.1 Å². The van der Waals surface area contributed by atoms with E-state index in [0.717, 1.165) is 0 Å². The SMILES string of the molecule is O=C1C=C(C(F)(F)CF)C(=O)O1. The van der Waals surface area contributed by atoms with Gasteiger partial charge in [-0.25, -0.2) is 14.0 Å². The van der Waals surface area contributed by atoms with Crippen molar-refractivity contribution >= 4 is 11.9 Å². The van der Waals surface area contributed by atoms with Gasteiger partial charge in [-0.1, -0.05) is 0 Å². The van der Waals surface area contributed by atoms with Crippen molar-refractivity contribution < 1.29 is 27.5 Å². The van der Waals surface area contributed by atoms with Gasteiger partial charge in [0, 0.05) is 6.08 Å². The molecular weight excluding hydrogens is 177 g/mol. The van der Waals surface area contributed by atoms with Crippen molar-refractivity contribution in [1.82, 2.24) is 0 Å². The highest BCUT2D eigenvalue weighted by molar-refractivity contribution is 6.09. The average molecular weight is 180 g/mol. The second-order valence-corrected chi connectivity index (χ2v) is 2.10. The molecule has 66 valence electrons. The van der Waals surface area contributed by atoms with Crippen LogP contribution in [0.2, 0.25) is 0 Å². The minimum Gasteiger partial charge on any atom is -0.386 e. The molecule has 0 spiro atoms. The number of alkyl halides is 3. The molecule has 0 fully saturated rings. The monoisotopic (exact) mass is 180 g/mol. The fourth-order valence-corrected chi connectivity index (χ4v) is 0.679. The Labute approximate surface area is 64.8 Å².